The van der Waals surface area contributed by atoms with E-state index in [1.807, 2.05) is 24.3 Å². The van der Waals surface area contributed by atoms with E-state index in [0.29, 0.717) is 6.61 Å². The normalized spacial score (nSPS) is 16.8. The van der Waals surface area contributed by atoms with Crippen LogP contribution in [0.25, 0.3) is 0 Å². The zero-order valence-electron chi connectivity index (χ0n) is 19.4. The summed E-state index contributed by atoms with van der Waals surface area (Å²) < 4.78 is 11.9. The van der Waals surface area contributed by atoms with Crippen LogP contribution >= 0.6 is 0 Å². The van der Waals surface area contributed by atoms with Crippen LogP contribution in [-0.4, -0.2) is 99.5 Å². The van der Waals surface area contributed by atoms with Crippen molar-refractivity contribution in [3.05, 3.63) is 60.2 Å². The Hall–Kier alpha value is -4.16. The minimum atomic E-state index is -1.82. The number of piperazine rings is 1. The Balaban J connectivity index is 0.000000319. The third kappa shape index (κ3) is 9.99. The fourth-order valence-electron chi connectivity index (χ4n) is 3.41. The lowest BCUT2D eigenvalue weighted by atomic mass is 10.2. The first kappa shape index (κ1) is 28.1. The highest BCUT2D eigenvalue weighted by Gasteiger charge is 2.25. The Kier molecular flexibility index (Phi) is 11.1. The van der Waals surface area contributed by atoms with Crippen LogP contribution in [0, 0.1) is 0 Å². The number of benzene rings is 2. The third-order valence-electron chi connectivity index (χ3n) is 5.11. The highest BCUT2D eigenvalue weighted by atomic mass is 16.6. The van der Waals surface area contributed by atoms with E-state index in [4.69, 9.17) is 49.1 Å². The third-order valence-corrected chi connectivity index (χ3v) is 5.11. The number of hydrogen-bond acceptors (Lipinski definition) is 8. The molecule has 2 aromatic rings. The number of carboxylic acids is 4. The number of carbonyl (C=O) groups is 4. The molecule has 1 saturated heterocycles. The Morgan fingerprint density at radius 3 is 1.69 bits per heavy atom. The molecule has 2 aliphatic rings. The van der Waals surface area contributed by atoms with Crippen LogP contribution in [0.2, 0.25) is 0 Å². The molecule has 1 atom stereocenters. The van der Waals surface area contributed by atoms with E-state index in [-0.39, 0.29) is 6.10 Å². The fraction of sp³-hybridized carbons (Fsp3) is 0.333. The Morgan fingerprint density at radius 2 is 1.17 bits per heavy atom. The second-order valence-electron chi connectivity index (χ2n) is 7.78. The summed E-state index contributed by atoms with van der Waals surface area (Å²) in [6.45, 7) is 7.03. The standard InChI is InChI=1S/C20H24N2O2.2C2H2O4/c1-2-6-17(7-3-1)14-21-10-12-22(13-11-21)15-18-16-23-19-8-4-5-9-20(19)24-18;2*3-1(4)2(5)6/h1-9,18H,10-16H2;2*(H,3,4)(H,5,6). The lowest BCUT2D eigenvalue weighted by Gasteiger charge is -2.37. The van der Waals surface area contributed by atoms with E-state index in [9.17, 15) is 0 Å². The molecule has 2 heterocycles. The molecule has 194 valence electrons. The summed E-state index contributed by atoms with van der Waals surface area (Å²) in [7, 11) is 0. The van der Waals surface area contributed by atoms with Crippen molar-refractivity contribution in [3.8, 4) is 11.5 Å². The molecule has 0 radical (unpaired) electrons. The molecule has 1 fully saturated rings. The number of fused-ring (bicyclic) bond motifs is 1. The molecule has 0 bridgehead atoms. The number of aliphatic carboxylic acids is 4. The van der Waals surface area contributed by atoms with Crippen molar-refractivity contribution in [2.24, 2.45) is 0 Å². The number of ether oxygens (including phenoxy) is 2. The molecule has 12 heteroatoms. The summed E-state index contributed by atoms with van der Waals surface area (Å²) >= 11 is 0. The monoisotopic (exact) mass is 504 g/mol. The largest absolute Gasteiger partial charge is 0.486 e. The quantitative estimate of drug-likeness (QED) is 0.435. The molecular formula is C24H28N2O10. The lowest BCUT2D eigenvalue weighted by Crippen LogP contribution is -2.50. The average molecular weight is 504 g/mol. The fourth-order valence-corrected chi connectivity index (χ4v) is 3.41. The predicted octanol–water partition coefficient (Wildman–Crippen LogP) is 0.955. The van der Waals surface area contributed by atoms with Crippen LogP contribution in [0.1, 0.15) is 5.56 Å². The highest BCUT2D eigenvalue weighted by molar-refractivity contribution is 6.27. The van der Waals surface area contributed by atoms with Gasteiger partial charge >= 0.3 is 23.9 Å². The summed E-state index contributed by atoms with van der Waals surface area (Å²) in [6.07, 6.45) is 0.126. The maximum atomic E-state index is 9.10. The van der Waals surface area contributed by atoms with Gasteiger partial charge in [0.15, 0.2) is 11.5 Å². The molecule has 1 unspecified atom stereocenters. The molecule has 0 aliphatic carbocycles. The first-order valence-electron chi connectivity index (χ1n) is 10.9. The lowest BCUT2D eigenvalue weighted by molar-refractivity contribution is -0.159. The van der Waals surface area contributed by atoms with Crippen molar-refractivity contribution in [3.63, 3.8) is 0 Å². The van der Waals surface area contributed by atoms with Crippen molar-refractivity contribution >= 4 is 23.9 Å². The molecule has 0 amide bonds. The van der Waals surface area contributed by atoms with E-state index < -0.39 is 23.9 Å². The van der Waals surface area contributed by atoms with Gasteiger partial charge in [-0.15, -0.1) is 0 Å². The predicted molar refractivity (Wildman–Crippen MR) is 125 cm³/mol. The minimum absolute atomic E-state index is 0.126. The van der Waals surface area contributed by atoms with Crippen molar-refractivity contribution in [2.45, 2.75) is 12.6 Å². The van der Waals surface area contributed by atoms with Gasteiger partial charge in [-0.05, 0) is 17.7 Å². The van der Waals surface area contributed by atoms with Crippen molar-refractivity contribution < 1.29 is 49.1 Å². The van der Waals surface area contributed by atoms with Gasteiger partial charge in [-0.2, -0.15) is 0 Å². The smallest absolute Gasteiger partial charge is 0.414 e. The molecular weight excluding hydrogens is 476 g/mol. The molecule has 12 nitrogen and oxygen atoms in total. The van der Waals surface area contributed by atoms with Gasteiger partial charge < -0.3 is 29.9 Å². The Morgan fingerprint density at radius 1 is 0.694 bits per heavy atom. The van der Waals surface area contributed by atoms with Crippen LogP contribution in [-0.2, 0) is 25.7 Å². The second-order valence-corrected chi connectivity index (χ2v) is 7.78. The zero-order chi connectivity index (χ0) is 26.5. The van der Waals surface area contributed by atoms with Gasteiger partial charge in [0.1, 0.15) is 12.7 Å². The van der Waals surface area contributed by atoms with Crippen molar-refractivity contribution in [1.82, 2.24) is 9.80 Å². The summed E-state index contributed by atoms with van der Waals surface area (Å²) in [5.41, 5.74) is 1.39. The summed E-state index contributed by atoms with van der Waals surface area (Å²) in [5, 5.41) is 29.6. The van der Waals surface area contributed by atoms with Crippen molar-refractivity contribution in [1.29, 1.82) is 0 Å². The molecule has 0 saturated carbocycles. The Bertz CT molecular complexity index is 975. The van der Waals surface area contributed by atoms with Gasteiger partial charge in [0.2, 0.25) is 0 Å². The van der Waals surface area contributed by atoms with E-state index in [2.05, 4.69) is 40.1 Å². The molecule has 4 rings (SSSR count). The van der Waals surface area contributed by atoms with Gasteiger partial charge in [0.05, 0.1) is 0 Å². The summed E-state index contributed by atoms with van der Waals surface area (Å²) in [5.74, 6) is -5.56. The zero-order valence-corrected chi connectivity index (χ0v) is 19.4. The molecule has 36 heavy (non-hydrogen) atoms. The molecule has 0 spiro atoms. The van der Waals surface area contributed by atoms with E-state index in [1.54, 1.807) is 0 Å². The number of rotatable bonds is 4. The first-order chi connectivity index (χ1) is 17.2. The van der Waals surface area contributed by atoms with Gasteiger partial charge in [-0.1, -0.05) is 42.5 Å². The van der Waals surface area contributed by atoms with Gasteiger partial charge in [0, 0.05) is 39.3 Å². The number of carboxylic acid groups (broad SMARTS) is 4. The number of hydrogen-bond donors (Lipinski definition) is 4. The summed E-state index contributed by atoms with van der Waals surface area (Å²) in [4.78, 5) is 41.4. The van der Waals surface area contributed by atoms with Crippen LogP contribution in [0.3, 0.4) is 0 Å². The highest BCUT2D eigenvalue weighted by Crippen LogP contribution is 2.31. The van der Waals surface area contributed by atoms with Gasteiger partial charge in [-0.3, -0.25) is 9.80 Å². The molecule has 2 aliphatic heterocycles. The van der Waals surface area contributed by atoms with Crippen LogP contribution < -0.4 is 9.47 Å². The van der Waals surface area contributed by atoms with Gasteiger partial charge in [0.25, 0.3) is 0 Å². The second kappa shape index (κ2) is 14.3. The number of para-hydroxylation sites is 2. The van der Waals surface area contributed by atoms with Crippen LogP contribution in [0.15, 0.2) is 54.6 Å². The topological polar surface area (TPSA) is 174 Å². The summed E-state index contributed by atoms with van der Waals surface area (Å²) in [6, 6.07) is 18.6. The maximum absolute atomic E-state index is 9.10. The Labute approximate surface area is 206 Å². The minimum Gasteiger partial charge on any atom is -0.486 e. The van der Waals surface area contributed by atoms with E-state index in [0.717, 1.165) is 50.8 Å². The number of nitrogens with zero attached hydrogens (tertiary/aromatic N) is 2. The maximum Gasteiger partial charge on any atom is 0.414 e. The molecule has 4 N–H and O–H groups in total. The van der Waals surface area contributed by atoms with Crippen molar-refractivity contribution in [2.75, 3.05) is 39.3 Å². The SMILES string of the molecule is O=C(O)C(=O)O.O=C(O)C(=O)O.c1ccc(CN2CCN(CC3COc4ccccc4O3)CC2)cc1. The average Bonchev–Trinajstić information content (AvgIpc) is 2.86. The van der Waals surface area contributed by atoms with Crippen LogP contribution in [0.5, 0.6) is 11.5 Å². The first-order valence-corrected chi connectivity index (χ1v) is 10.9. The van der Waals surface area contributed by atoms with E-state index in [1.165, 1.54) is 5.56 Å². The van der Waals surface area contributed by atoms with Crippen LogP contribution in [0.4, 0.5) is 0 Å². The molecule has 0 aromatic heterocycles. The van der Waals surface area contributed by atoms with E-state index >= 15 is 0 Å². The van der Waals surface area contributed by atoms with Gasteiger partial charge in [-0.25, -0.2) is 19.2 Å². The molecule has 2 aromatic carbocycles.